The van der Waals surface area contributed by atoms with Crippen molar-refractivity contribution in [2.45, 2.75) is 6.92 Å². The third-order valence-corrected chi connectivity index (χ3v) is 3.53. The largest absolute Gasteiger partial charge is 0.380 e. The molecule has 0 saturated carbocycles. The van der Waals surface area contributed by atoms with Crippen LogP contribution in [0.2, 0.25) is 5.02 Å². The van der Waals surface area contributed by atoms with Crippen molar-refractivity contribution in [3.8, 4) is 22.5 Å². The highest BCUT2D eigenvalue weighted by atomic mass is 35.5. The van der Waals surface area contributed by atoms with E-state index in [4.69, 9.17) is 21.9 Å². The molecule has 0 aliphatic carbocycles. The first-order valence-electron chi connectivity index (χ1n) is 6.34. The molecule has 0 spiro atoms. The summed E-state index contributed by atoms with van der Waals surface area (Å²) in [5, 5.41) is 4.36. The number of benzene rings is 2. The van der Waals surface area contributed by atoms with Gasteiger partial charge >= 0.3 is 0 Å². The molecule has 0 fully saturated rings. The van der Waals surface area contributed by atoms with Gasteiger partial charge in [0.05, 0.1) is 10.6 Å². The van der Waals surface area contributed by atoms with Crippen molar-refractivity contribution in [1.29, 1.82) is 0 Å². The third-order valence-electron chi connectivity index (χ3n) is 3.22. The Bertz CT molecular complexity index is 797. The third kappa shape index (κ3) is 2.50. The van der Waals surface area contributed by atoms with Crippen LogP contribution in [0.25, 0.3) is 22.5 Å². The fourth-order valence-corrected chi connectivity index (χ4v) is 2.51. The highest BCUT2D eigenvalue weighted by molar-refractivity contribution is 6.33. The number of aromatic nitrogens is 1. The number of nitrogens with two attached hydrogens (primary N) is 1. The van der Waals surface area contributed by atoms with Gasteiger partial charge in [-0.2, -0.15) is 0 Å². The molecule has 2 aromatic carbocycles. The van der Waals surface area contributed by atoms with E-state index < -0.39 is 0 Å². The van der Waals surface area contributed by atoms with Gasteiger partial charge in [0.15, 0.2) is 11.6 Å². The van der Waals surface area contributed by atoms with Crippen LogP contribution in [0.15, 0.2) is 47.0 Å². The van der Waals surface area contributed by atoms with Crippen LogP contribution in [0.3, 0.4) is 0 Å². The lowest BCUT2D eigenvalue weighted by atomic mass is 10.0. The summed E-state index contributed by atoms with van der Waals surface area (Å²) in [7, 11) is 0. The summed E-state index contributed by atoms with van der Waals surface area (Å²) in [5.41, 5.74) is 8.96. The Labute approximate surface area is 126 Å². The number of nitrogens with zero attached hydrogens (tertiary/aromatic N) is 1. The molecule has 106 valence electrons. The van der Waals surface area contributed by atoms with E-state index in [-0.39, 0.29) is 11.6 Å². The summed E-state index contributed by atoms with van der Waals surface area (Å²) in [6.07, 6.45) is 0. The van der Waals surface area contributed by atoms with E-state index >= 15 is 0 Å². The van der Waals surface area contributed by atoms with Crippen molar-refractivity contribution in [2.24, 2.45) is 0 Å². The molecular weight excluding hydrogens is 291 g/mol. The molecule has 0 bridgehead atoms. The Balaban J connectivity index is 2.19. The van der Waals surface area contributed by atoms with E-state index in [1.165, 1.54) is 12.1 Å². The topological polar surface area (TPSA) is 52.0 Å². The Hall–Kier alpha value is -2.33. The Morgan fingerprint density at radius 2 is 1.86 bits per heavy atom. The number of halogens is 2. The first-order valence-corrected chi connectivity index (χ1v) is 6.71. The highest BCUT2D eigenvalue weighted by Crippen LogP contribution is 2.39. The van der Waals surface area contributed by atoms with Crippen molar-refractivity contribution >= 4 is 17.4 Å². The highest BCUT2D eigenvalue weighted by Gasteiger charge is 2.19. The van der Waals surface area contributed by atoms with E-state index in [0.29, 0.717) is 21.9 Å². The van der Waals surface area contributed by atoms with Crippen LogP contribution < -0.4 is 5.73 Å². The number of hydrogen-bond donors (Lipinski definition) is 1. The lowest BCUT2D eigenvalue weighted by molar-refractivity contribution is 0.436. The molecule has 21 heavy (non-hydrogen) atoms. The van der Waals surface area contributed by atoms with Crippen LogP contribution in [-0.4, -0.2) is 5.16 Å². The minimum Gasteiger partial charge on any atom is -0.380 e. The molecule has 0 aliphatic rings. The van der Waals surface area contributed by atoms with E-state index in [0.717, 1.165) is 11.1 Å². The maximum Gasteiger partial charge on any atom is 0.178 e. The molecule has 3 aromatic rings. The second-order valence-corrected chi connectivity index (χ2v) is 5.17. The number of anilines is 1. The molecule has 1 heterocycles. The molecule has 1 aromatic heterocycles. The molecule has 0 unspecified atom stereocenters. The minimum absolute atomic E-state index is 0.244. The van der Waals surface area contributed by atoms with Gasteiger partial charge in [-0.15, -0.1) is 0 Å². The predicted molar refractivity (Wildman–Crippen MR) is 81.5 cm³/mol. The van der Waals surface area contributed by atoms with Gasteiger partial charge in [0.1, 0.15) is 5.82 Å². The van der Waals surface area contributed by atoms with E-state index in [2.05, 4.69) is 5.16 Å². The van der Waals surface area contributed by atoms with Crippen LogP contribution in [0.5, 0.6) is 0 Å². The zero-order valence-corrected chi connectivity index (χ0v) is 12.0. The average Bonchev–Trinajstić information content (AvgIpc) is 2.82. The minimum atomic E-state index is -0.316. The van der Waals surface area contributed by atoms with E-state index in [1.54, 1.807) is 12.1 Å². The predicted octanol–water partition coefficient (Wildman–Crippen LogP) is 4.69. The molecule has 3 rings (SSSR count). The van der Waals surface area contributed by atoms with Gasteiger partial charge in [0, 0.05) is 5.56 Å². The normalized spacial score (nSPS) is 10.8. The molecule has 0 amide bonds. The molecule has 0 radical (unpaired) electrons. The summed E-state index contributed by atoms with van der Waals surface area (Å²) >= 11 is 6.27. The molecule has 0 saturated heterocycles. The Kier molecular flexibility index (Phi) is 3.39. The maximum atomic E-state index is 13.1. The number of rotatable bonds is 2. The summed E-state index contributed by atoms with van der Waals surface area (Å²) in [5.74, 6) is 0.404. The van der Waals surface area contributed by atoms with Crippen molar-refractivity contribution in [1.82, 2.24) is 5.16 Å². The second kappa shape index (κ2) is 5.22. The lowest BCUT2D eigenvalue weighted by Gasteiger charge is -2.05. The number of hydrogen-bond acceptors (Lipinski definition) is 3. The monoisotopic (exact) mass is 302 g/mol. The summed E-state index contributed by atoms with van der Waals surface area (Å²) < 4.78 is 18.4. The van der Waals surface area contributed by atoms with Crippen LogP contribution >= 0.6 is 11.6 Å². The quantitative estimate of drug-likeness (QED) is 0.747. The van der Waals surface area contributed by atoms with Gasteiger partial charge in [-0.05, 0) is 42.3 Å². The fraction of sp³-hybridized carbons (Fsp3) is 0.0625. The lowest BCUT2D eigenvalue weighted by Crippen LogP contribution is -1.89. The average molecular weight is 303 g/mol. The molecular formula is C16H12ClFN2O. The van der Waals surface area contributed by atoms with Crippen molar-refractivity contribution in [2.75, 3.05) is 5.73 Å². The van der Waals surface area contributed by atoms with Crippen LogP contribution in [0.1, 0.15) is 5.56 Å². The van der Waals surface area contributed by atoms with Gasteiger partial charge in [-0.25, -0.2) is 4.39 Å². The molecule has 0 atom stereocenters. The molecule has 2 N–H and O–H groups in total. The zero-order valence-electron chi connectivity index (χ0n) is 11.2. The van der Waals surface area contributed by atoms with Crippen molar-refractivity contribution < 1.29 is 8.91 Å². The molecule has 0 aliphatic heterocycles. The molecule has 3 nitrogen and oxygen atoms in total. The Morgan fingerprint density at radius 1 is 1.14 bits per heavy atom. The zero-order chi connectivity index (χ0) is 15.0. The standard InChI is InChI=1S/C16H12ClFN2O/c1-9-2-7-12(13(17)8-9)15-14(16(19)20-21-15)10-3-5-11(18)6-4-10/h2-8H,1H3,(H2,19,20). The van der Waals surface area contributed by atoms with Gasteiger partial charge in [-0.3, -0.25) is 0 Å². The van der Waals surface area contributed by atoms with Gasteiger partial charge in [-0.1, -0.05) is 35.0 Å². The van der Waals surface area contributed by atoms with Crippen molar-refractivity contribution in [3.05, 3.63) is 58.9 Å². The van der Waals surface area contributed by atoms with Crippen molar-refractivity contribution in [3.63, 3.8) is 0 Å². The smallest absolute Gasteiger partial charge is 0.178 e. The van der Waals surface area contributed by atoms with Crippen LogP contribution in [0, 0.1) is 12.7 Å². The molecule has 5 heteroatoms. The van der Waals surface area contributed by atoms with E-state index in [9.17, 15) is 4.39 Å². The van der Waals surface area contributed by atoms with Crippen LogP contribution in [0.4, 0.5) is 10.2 Å². The summed E-state index contributed by atoms with van der Waals surface area (Å²) in [6.45, 7) is 1.95. The fourth-order valence-electron chi connectivity index (χ4n) is 2.19. The number of aryl methyl sites for hydroxylation is 1. The first-order chi connectivity index (χ1) is 10.1. The van der Waals surface area contributed by atoms with Gasteiger partial charge < -0.3 is 10.3 Å². The second-order valence-electron chi connectivity index (χ2n) is 4.76. The SMILES string of the molecule is Cc1ccc(-c2onc(N)c2-c2ccc(F)cc2)c(Cl)c1. The Morgan fingerprint density at radius 3 is 2.52 bits per heavy atom. The number of nitrogen functional groups attached to an aromatic ring is 1. The van der Waals surface area contributed by atoms with E-state index in [1.807, 2.05) is 25.1 Å². The van der Waals surface area contributed by atoms with Crippen LogP contribution in [-0.2, 0) is 0 Å². The maximum absolute atomic E-state index is 13.1. The first kappa shape index (κ1) is 13.6. The summed E-state index contributed by atoms with van der Waals surface area (Å²) in [6, 6.07) is 11.6. The van der Waals surface area contributed by atoms with Gasteiger partial charge in [0.25, 0.3) is 0 Å². The van der Waals surface area contributed by atoms with Gasteiger partial charge in [0.2, 0.25) is 0 Å². The summed E-state index contributed by atoms with van der Waals surface area (Å²) in [4.78, 5) is 0.